The largest absolute Gasteiger partial charge is 0.455 e. The number of piperazine rings is 1. The molecule has 0 radical (unpaired) electrons. The van der Waals surface area contributed by atoms with Gasteiger partial charge in [0.25, 0.3) is 5.91 Å². The predicted octanol–water partition coefficient (Wildman–Crippen LogP) is -0.184. The van der Waals surface area contributed by atoms with E-state index in [2.05, 4.69) is 4.72 Å². The van der Waals surface area contributed by atoms with Crippen LogP contribution in [0.25, 0.3) is 0 Å². The van der Waals surface area contributed by atoms with Crippen LogP contribution < -0.4 is 4.72 Å². The monoisotopic (exact) mass is 411 g/mol. The van der Waals surface area contributed by atoms with E-state index < -0.39 is 29.1 Å². The molecular formula is C18H25N3O6S. The third-order valence-electron chi connectivity index (χ3n) is 4.63. The fourth-order valence-electron chi connectivity index (χ4n) is 2.67. The summed E-state index contributed by atoms with van der Waals surface area (Å²) in [5, 5.41) is 0. The lowest BCUT2D eigenvalue weighted by Gasteiger charge is -2.34. The molecule has 10 heteroatoms. The van der Waals surface area contributed by atoms with Gasteiger partial charge >= 0.3 is 5.97 Å². The van der Waals surface area contributed by atoms with Crippen LogP contribution in [0, 0.1) is 13.8 Å². The van der Waals surface area contributed by atoms with Gasteiger partial charge in [-0.2, -0.15) is 4.72 Å². The number of ether oxygens (including phenoxy) is 1. The quantitative estimate of drug-likeness (QED) is 0.650. The molecule has 154 valence electrons. The number of hydrogen-bond acceptors (Lipinski definition) is 6. The van der Waals surface area contributed by atoms with E-state index in [0.717, 1.165) is 11.1 Å². The van der Waals surface area contributed by atoms with Crippen molar-refractivity contribution in [1.29, 1.82) is 0 Å². The summed E-state index contributed by atoms with van der Waals surface area (Å²) in [7, 11) is -3.85. The maximum absolute atomic E-state index is 12.2. The Kier molecular flexibility index (Phi) is 7.14. The minimum atomic E-state index is -3.85. The second-order valence-corrected chi connectivity index (χ2v) is 8.39. The van der Waals surface area contributed by atoms with Gasteiger partial charge in [0.15, 0.2) is 6.61 Å². The summed E-state index contributed by atoms with van der Waals surface area (Å²) in [5.41, 5.74) is 1.78. The molecule has 0 bridgehead atoms. The lowest BCUT2D eigenvalue weighted by molar-refractivity contribution is -0.152. The Labute approximate surface area is 164 Å². The zero-order chi connectivity index (χ0) is 20.9. The van der Waals surface area contributed by atoms with Gasteiger partial charge in [-0.15, -0.1) is 0 Å². The number of nitrogens with one attached hydrogen (secondary N) is 1. The van der Waals surface area contributed by atoms with E-state index in [1.807, 2.05) is 6.92 Å². The molecular weight excluding hydrogens is 386 g/mol. The van der Waals surface area contributed by atoms with Crippen molar-refractivity contribution >= 4 is 27.8 Å². The number of hydrogen-bond donors (Lipinski definition) is 1. The Hall–Kier alpha value is -2.46. The summed E-state index contributed by atoms with van der Waals surface area (Å²) >= 11 is 0. The van der Waals surface area contributed by atoms with Gasteiger partial charge in [-0.1, -0.05) is 6.07 Å². The first-order valence-corrected chi connectivity index (χ1v) is 10.3. The number of benzene rings is 1. The fraction of sp³-hybridized carbons (Fsp3) is 0.500. The third kappa shape index (κ3) is 5.77. The van der Waals surface area contributed by atoms with Crippen molar-refractivity contribution in [3.05, 3.63) is 29.3 Å². The topological polar surface area (TPSA) is 113 Å². The van der Waals surface area contributed by atoms with Gasteiger partial charge < -0.3 is 14.5 Å². The van der Waals surface area contributed by atoms with Gasteiger partial charge in [0, 0.05) is 33.1 Å². The van der Waals surface area contributed by atoms with Crippen molar-refractivity contribution in [3.8, 4) is 0 Å². The summed E-state index contributed by atoms with van der Waals surface area (Å²) in [5.74, 6) is -1.27. The fourth-order valence-corrected chi connectivity index (χ4v) is 3.73. The number of rotatable bonds is 6. The van der Waals surface area contributed by atoms with Gasteiger partial charge in [0.1, 0.15) is 6.54 Å². The van der Waals surface area contributed by atoms with E-state index in [1.54, 1.807) is 17.9 Å². The molecule has 0 saturated carbocycles. The molecule has 2 amide bonds. The highest BCUT2D eigenvalue weighted by molar-refractivity contribution is 7.89. The minimum absolute atomic E-state index is 0.0467. The van der Waals surface area contributed by atoms with Crippen LogP contribution in [0.1, 0.15) is 18.1 Å². The maximum atomic E-state index is 12.2. The molecule has 2 rings (SSSR count). The van der Waals surface area contributed by atoms with Crippen molar-refractivity contribution in [2.45, 2.75) is 25.7 Å². The van der Waals surface area contributed by atoms with Gasteiger partial charge in [-0.25, -0.2) is 8.42 Å². The molecule has 0 spiro atoms. The van der Waals surface area contributed by atoms with Crippen LogP contribution in [0.3, 0.4) is 0 Å². The zero-order valence-electron chi connectivity index (χ0n) is 16.2. The van der Waals surface area contributed by atoms with E-state index in [9.17, 15) is 22.8 Å². The number of carbonyl (C=O) groups is 3. The highest BCUT2D eigenvalue weighted by Gasteiger charge is 2.23. The SMILES string of the molecule is CC(=O)N1CCN(C(=O)COC(=O)CNS(=O)(=O)c2ccc(C)c(C)c2)CC1. The average Bonchev–Trinajstić information content (AvgIpc) is 2.66. The summed E-state index contributed by atoms with van der Waals surface area (Å²) in [4.78, 5) is 38.4. The number of aryl methyl sites for hydroxylation is 2. The molecule has 28 heavy (non-hydrogen) atoms. The number of nitrogens with zero attached hydrogens (tertiary/aromatic N) is 2. The molecule has 0 unspecified atom stereocenters. The van der Waals surface area contributed by atoms with Crippen LogP contribution >= 0.6 is 0 Å². The van der Waals surface area contributed by atoms with Crippen LogP contribution in [0.15, 0.2) is 23.1 Å². The van der Waals surface area contributed by atoms with Gasteiger partial charge in [-0.3, -0.25) is 14.4 Å². The molecule has 0 aromatic heterocycles. The molecule has 1 N–H and O–H groups in total. The molecule has 1 aromatic carbocycles. The van der Waals surface area contributed by atoms with Crippen molar-refractivity contribution in [2.24, 2.45) is 0 Å². The van der Waals surface area contributed by atoms with Crippen molar-refractivity contribution < 1.29 is 27.5 Å². The predicted molar refractivity (Wildman–Crippen MR) is 101 cm³/mol. The Balaban J connectivity index is 1.78. The lowest BCUT2D eigenvalue weighted by atomic mass is 10.1. The van der Waals surface area contributed by atoms with E-state index in [0.29, 0.717) is 26.2 Å². The molecule has 1 fully saturated rings. The van der Waals surface area contributed by atoms with Gasteiger partial charge in [-0.05, 0) is 37.1 Å². The van der Waals surface area contributed by atoms with Crippen LogP contribution in [0.5, 0.6) is 0 Å². The molecule has 1 aromatic rings. The molecule has 1 aliphatic heterocycles. The van der Waals surface area contributed by atoms with Crippen molar-refractivity contribution in [3.63, 3.8) is 0 Å². The van der Waals surface area contributed by atoms with Crippen LogP contribution in [-0.4, -0.2) is 75.3 Å². The molecule has 1 aliphatic rings. The van der Waals surface area contributed by atoms with Crippen LogP contribution in [-0.2, 0) is 29.1 Å². The lowest BCUT2D eigenvalue weighted by Crippen LogP contribution is -2.51. The van der Waals surface area contributed by atoms with Gasteiger partial charge in [0.2, 0.25) is 15.9 Å². The molecule has 0 aliphatic carbocycles. The number of esters is 1. The van der Waals surface area contributed by atoms with Crippen molar-refractivity contribution in [1.82, 2.24) is 14.5 Å². The molecule has 1 heterocycles. The Morgan fingerprint density at radius 2 is 1.64 bits per heavy atom. The first-order chi connectivity index (χ1) is 13.1. The highest BCUT2D eigenvalue weighted by Crippen LogP contribution is 2.14. The second kappa shape index (κ2) is 9.16. The second-order valence-electron chi connectivity index (χ2n) is 6.62. The summed E-state index contributed by atoms with van der Waals surface area (Å²) in [6.45, 7) is 5.71. The van der Waals surface area contributed by atoms with E-state index in [1.165, 1.54) is 24.0 Å². The minimum Gasteiger partial charge on any atom is -0.455 e. The Morgan fingerprint density at radius 3 is 2.21 bits per heavy atom. The van der Waals surface area contributed by atoms with E-state index in [-0.39, 0.29) is 16.7 Å². The number of amides is 2. The zero-order valence-corrected chi connectivity index (χ0v) is 17.0. The average molecular weight is 411 g/mol. The molecule has 1 saturated heterocycles. The first-order valence-electron chi connectivity index (χ1n) is 8.86. The van der Waals surface area contributed by atoms with E-state index >= 15 is 0 Å². The number of carbonyl (C=O) groups excluding carboxylic acids is 3. The normalized spacial score (nSPS) is 14.7. The highest BCUT2D eigenvalue weighted by atomic mass is 32.2. The first kappa shape index (κ1) is 21.8. The number of sulfonamides is 1. The van der Waals surface area contributed by atoms with E-state index in [4.69, 9.17) is 4.74 Å². The molecule has 9 nitrogen and oxygen atoms in total. The van der Waals surface area contributed by atoms with Gasteiger partial charge in [0.05, 0.1) is 4.90 Å². The Morgan fingerprint density at radius 1 is 1.04 bits per heavy atom. The summed E-state index contributed by atoms with van der Waals surface area (Å²) in [6.07, 6.45) is 0. The molecule has 0 atom stereocenters. The van der Waals surface area contributed by atoms with Crippen LogP contribution in [0.2, 0.25) is 0 Å². The standard InChI is InChI=1S/C18H25N3O6S/c1-13-4-5-16(10-14(13)2)28(25,26)19-11-18(24)27-12-17(23)21-8-6-20(7-9-21)15(3)22/h4-5,10,19H,6-9,11-12H2,1-3H3. The van der Waals surface area contributed by atoms with Crippen LogP contribution in [0.4, 0.5) is 0 Å². The summed E-state index contributed by atoms with van der Waals surface area (Å²) < 4.78 is 31.5. The smallest absolute Gasteiger partial charge is 0.321 e. The summed E-state index contributed by atoms with van der Waals surface area (Å²) in [6, 6.07) is 4.67. The Bertz CT molecular complexity index is 860. The van der Waals surface area contributed by atoms with Crippen molar-refractivity contribution in [2.75, 3.05) is 39.3 Å². The maximum Gasteiger partial charge on any atom is 0.321 e. The third-order valence-corrected chi connectivity index (χ3v) is 6.03.